The summed E-state index contributed by atoms with van der Waals surface area (Å²) >= 11 is 8.68. The van der Waals surface area contributed by atoms with E-state index >= 15 is 0 Å². The quantitative estimate of drug-likeness (QED) is 0.294. The molecule has 1 amide bonds. The van der Waals surface area contributed by atoms with E-state index < -0.39 is 17.6 Å². The summed E-state index contributed by atoms with van der Waals surface area (Å²) in [4.78, 5) is 13.6. The van der Waals surface area contributed by atoms with Gasteiger partial charge in [0, 0.05) is 11.3 Å². The Morgan fingerprint density at radius 3 is 2.76 bits per heavy atom. The van der Waals surface area contributed by atoms with Crippen LogP contribution in [0.15, 0.2) is 63.7 Å². The number of carbonyl (C=O) groups is 1. The van der Waals surface area contributed by atoms with E-state index in [1.165, 1.54) is 0 Å². The van der Waals surface area contributed by atoms with Gasteiger partial charge in [0.1, 0.15) is 11.6 Å². The number of benzene rings is 1. The topological polar surface area (TPSA) is 73.0 Å². The minimum atomic E-state index is -4.54. The SMILES string of the molecule is O=C(CSc1nnc(Cc2cccs2)n1Cc1ccco1)Nc1cc(C(F)(F)F)ccc1Cl. The Kier molecular flexibility index (Phi) is 7.11. The largest absolute Gasteiger partial charge is 0.467 e. The first-order valence-corrected chi connectivity index (χ1v) is 11.8. The number of aromatic nitrogens is 3. The van der Waals surface area contributed by atoms with E-state index in [-0.39, 0.29) is 16.5 Å². The normalized spacial score (nSPS) is 11.6. The third-order valence-corrected chi connectivity index (χ3v) is 6.67. The summed E-state index contributed by atoms with van der Waals surface area (Å²) in [5.41, 5.74) is -1.00. The molecule has 4 rings (SSSR count). The second-order valence-electron chi connectivity index (χ2n) is 6.85. The Morgan fingerprint density at radius 1 is 1.21 bits per heavy atom. The fraction of sp³-hybridized carbons (Fsp3) is 0.190. The number of anilines is 1. The van der Waals surface area contributed by atoms with Gasteiger partial charge in [-0.05, 0) is 41.8 Å². The van der Waals surface area contributed by atoms with Crippen molar-refractivity contribution in [2.75, 3.05) is 11.1 Å². The lowest BCUT2D eigenvalue weighted by Gasteiger charge is -2.12. The number of hydrogen-bond donors (Lipinski definition) is 1. The minimum Gasteiger partial charge on any atom is -0.467 e. The Balaban J connectivity index is 1.47. The second kappa shape index (κ2) is 10.0. The molecule has 4 aromatic rings. The fourth-order valence-corrected chi connectivity index (χ4v) is 4.58. The molecular weight excluding hydrogens is 497 g/mol. The van der Waals surface area contributed by atoms with Crippen LogP contribution >= 0.6 is 34.7 Å². The van der Waals surface area contributed by atoms with Crippen LogP contribution < -0.4 is 5.32 Å². The predicted molar refractivity (Wildman–Crippen MR) is 121 cm³/mol. The molecule has 0 bridgehead atoms. The number of nitrogens with one attached hydrogen (secondary N) is 1. The standard InChI is InChI=1S/C21H16ClF3N4O2S2/c22-16-6-5-13(21(23,24)25)9-17(16)26-19(30)12-33-20-28-27-18(10-15-4-2-8-32-15)29(20)11-14-3-1-7-31-14/h1-9H,10-12H2,(H,26,30). The Morgan fingerprint density at radius 2 is 2.06 bits per heavy atom. The van der Waals surface area contributed by atoms with Crippen molar-refractivity contribution < 1.29 is 22.4 Å². The predicted octanol–water partition coefficient (Wildman–Crippen LogP) is 5.97. The molecule has 0 spiro atoms. The minimum absolute atomic E-state index is 0.0144. The van der Waals surface area contributed by atoms with Gasteiger partial charge in [0.15, 0.2) is 5.16 Å². The van der Waals surface area contributed by atoms with E-state index in [4.69, 9.17) is 16.0 Å². The molecule has 6 nitrogen and oxygen atoms in total. The lowest BCUT2D eigenvalue weighted by Crippen LogP contribution is -2.16. The Bertz CT molecular complexity index is 1230. The van der Waals surface area contributed by atoms with Gasteiger partial charge in [-0.1, -0.05) is 29.4 Å². The van der Waals surface area contributed by atoms with Crippen LogP contribution in [-0.4, -0.2) is 26.4 Å². The third kappa shape index (κ3) is 5.98. The van der Waals surface area contributed by atoms with E-state index in [1.54, 1.807) is 23.7 Å². The molecule has 1 aromatic carbocycles. The molecule has 1 N–H and O–H groups in total. The molecule has 172 valence electrons. The summed E-state index contributed by atoms with van der Waals surface area (Å²) < 4.78 is 46.2. The lowest BCUT2D eigenvalue weighted by molar-refractivity contribution is -0.137. The highest BCUT2D eigenvalue weighted by molar-refractivity contribution is 7.99. The van der Waals surface area contributed by atoms with Crippen molar-refractivity contribution in [3.8, 4) is 0 Å². The molecule has 0 aliphatic rings. The highest BCUT2D eigenvalue weighted by Crippen LogP contribution is 2.34. The second-order valence-corrected chi connectivity index (χ2v) is 9.23. The van der Waals surface area contributed by atoms with Crippen molar-refractivity contribution >= 4 is 46.3 Å². The summed E-state index contributed by atoms with van der Waals surface area (Å²) in [6.07, 6.45) is -2.41. The number of halogens is 4. The summed E-state index contributed by atoms with van der Waals surface area (Å²) in [5, 5.41) is 13.4. The maximum atomic E-state index is 13.0. The van der Waals surface area contributed by atoms with Crippen LogP contribution in [-0.2, 0) is 23.9 Å². The third-order valence-electron chi connectivity index (χ3n) is 4.50. The number of furan rings is 1. The molecule has 0 atom stereocenters. The van der Waals surface area contributed by atoms with Crippen molar-refractivity contribution in [3.63, 3.8) is 0 Å². The molecule has 12 heteroatoms. The molecule has 0 radical (unpaired) electrons. The number of rotatable bonds is 8. The molecule has 3 aromatic heterocycles. The van der Waals surface area contributed by atoms with Crippen LogP contribution in [0.5, 0.6) is 0 Å². The van der Waals surface area contributed by atoms with Gasteiger partial charge in [0.25, 0.3) is 0 Å². The van der Waals surface area contributed by atoms with Gasteiger partial charge in [-0.15, -0.1) is 21.5 Å². The van der Waals surface area contributed by atoms with Gasteiger partial charge in [-0.3, -0.25) is 9.36 Å². The zero-order valence-corrected chi connectivity index (χ0v) is 19.2. The van der Waals surface area contributed by atoms with Crippen molar-refractivity contribution in [2.24, 2.45) is 0 Å². The molecule has 0 aliphatic carbocycles. The van der Waals surface area contributed by atoms with Gasteiger partial charge in [0.05, 0.1) is 34.8 Å². The number of carbonyl (C=O) groups excluding carboxylic acids is 1. The first-order chi connectivity index (χ1) is 15.8. The number of thioether (sulfide) groups is 1. The van der Waals surface area contributed by atoms with Crippen LogP contribution in [0.3, 0.4) is 0 Å². The van der Waals surface area contributed by atoms with Crippen LogP contribution in [0.4, 0.5) is 18.9 Å². The highest BCUT2D eigenvalue weighted by Gasteiger charge is 2.31. The summed E-state index contributed by atoms with van der Waals surface area (Å²) in [5.74, 6) is 0.789. The highest BCUT2D eigenvalue weighted by atomic mass is 35.5. The first-order valence-electron chi connectivity index (χ1n) is 9.56. The number of amides is 1. The molecule has 3 heterocycles. The average Bonchev–Trinajstić information content (AvgIpc) is 3.52. The number of thiophene rings is 1. The molecule has 0 aliphatic heterocycles. The monoisotopic (exact) mass is 512 g/mol. The van der Waals surface area contributed by atoms with Crippen LogP contribution in [0.25, 0.3) is 0 Å². The van der Waals surface area contributed by atoms with E-state index in [1.807, 2.05) is 28.1 Å². The maximum absolute atomic E-state index is 13.0. The molecule has 0 saturated carbocycles. The zero-order chi connectivity index (χ0) is 23.4. The van der Waals surface area contributed by atoms with Gasteiger partial charge >= 0.3 is 6.18 Å². The fourth-order valence-electron chi connectivity index (χ4n) is 2.96. The zero-order valence-electron chi connectivity index (χ0n) is 16.8. The number of hydrogen-bond acceptors (Lipinski definition) is 6. The number of nitrogens with zero attached hydrogens (tertiary/aromatic N) is 3. The molecular formula is C21H16ClF3N4O2S2. The van der Waals surface area contributed by atoms with E-state index in [9.17, 15) is 18.0 Å². The first kappa shape index (κ1) is 23.4. The van der Waals surface area contributed by atoms with Gasteiger partial charge in [-0.2, -0.15) is 13.2 Å². The Labute approximate surface area is 199 Å². The summed E-state index contributed by atoms with van der Waals surface area (Å²) in [6, 6.07) is 10.3. The lowest BCUT2D eigenvalue weighted by atomic mass is 10.2. The van der Waals surface area contributed by atoms with Gasteiger partial charge in [0.2, 0.25) is 5.91 Å². The maximum Gasteiger partial charge on any atom is 0.416 e. The van der Waals surface area contributed by atoms with Crippen LogP contribution in [0.1, 0.15) is 22.0 Å². The van der Waals surface area contributed by atoms with Crippen molar-refractivity contribution in [2.45, 2.75) is 24.3 Å². The van der Waals surface area contributed by atoms with Crippen molar-refractivity contribution in [3.05, 3.63) is 81.2 Å². The van der Waals surface area contributed by atoms with Crippen molar-refractivity contribution in [1.29, 1.82) is 0 Å². The molecule has 33 heavy (non-hydrogen) atoms. The smallest absolute Gasteiger partial charge is 0.416 e. The molecule has 0 fully saturated rings. The summed E-state index contributed by atoms with van der Waals surface area (Å²) in [6.45, 7) is 0.379. The molecule has 0 unspecified atom stereocenters. The number of alkyl halides is 3. The molecule has 0 saturated heterocycles. The summed E-state index contributed by atoms with van der Waals surface area (Å²) in [7, 11) is 0. The average molecular weight is 513 g/mol. The van der Waals surface area contributed by atoms with Crippen LogP contribution in [0, 0.1) is 0 Å². The Hall–Kier alpha value is -2.76. The van der Waals surface area contributed by atoms with E-state index in [0.717, 1.165) is 34.8 Å². The van der Waals surface area contributed by atoms with E-state index in [0.29, 0.717) is 29.7 Å². The van der Waals surface area contributed by atoms with Crippen LogP contribution in [0.2, 0.25) is 5.02 Å². The van der Waals surface area contributed by atoms with Gasteiger partial charge < -0.3 is 9.73 Å². The van der Waals surface area contributed by atoms with E-state index in [2.05, 4.69) is 15.5 Å². The van der Waals surface area contributed by atoms with Crippen molar-refractivity contribution in [1.82, 2.24) is 14.8 Å². The van der Waals surface area contributed by atoms with Gasteiger partial charge in [-0.25, -0.2) is 0 Å².